The van der Waals surface area contributed by atoms with Crippen molar-refractivity contribution in [3.63, 3.8) is 0 Å². The number of hydrogen-bond donors (Lipinski definition) is 1. The Morgan fingerprint density at radius 3 is 2.95 bits per heavy atom. The molecular weight excluding hydrogens is 278 g/mol. The number of aryl methyl sites for hydroxylation is 2. The first-order valence-corrected chi connectivity index (χ1v) is 8.37. The van der Waals surface area contributed by atoms with Crippen LogP contribution in [0.3, 0.4) is 0 Å². The second-order valence-corrected chi connectivity index (χ2v) is 7.51. The van der Waals surface area contributed by atoms with E-state index in [4.69, 9.17) is 0 Å². The third kappa shape index (κ3) is 2.35. The average molecular weight is 295 g/mol. The van der Waals surface area contributed by atoms with Crippen LogP contribution in [0.5, 0.6) is 0 Å². The van der Waals surface area contributed by atoms with Gasteiger partial charge < -0.3 is 5.32 Å². The van der Waals surface area contributed by atoms with Crippen LogP contribution in [0, 0.1) is 12.8 Å². The number of sulfone groups is 1. The van der Waals surface area contributed by atoms with Gasteiger partial charge in [-0.05, 0) is 19.3 Å². The van der Waals surface area contributed by atoms with E-state index in [-0.39, 0.29) is 11.7 Å². The van der Waals surface area contributed by atoms with Crippen molar-refractivity contribution in [1.29, 1.82) is 0 Å². The van der Waals surface area contributed by atoms with Gasteiger partial charge in [-0.25, -0.2) is 18.4 Å². The lowest BCUT2D eigenvalue weighted by Crippen LogP contribution is -2.16. The van der Waals surface area contributed by atoms with E-state index in [1.54, 1.807) is 4.68 Å². The van der Waals surface area contributed by atoms with Gasteiger partial charge in [0.2, 0.25) is 0 Å². The molecule has 0 amide bonds. The Labute approximate surface area is 117 Å². The number of aromatic nitrogens is 4. The van der Waals surface area contributed by atoms with Crippen LogP contribution in [-0.4, -0.2) is 46.2 Å². The Morgan fingerprint density at radius 1 is 1.45 bits per heavy atom. The van der Waals surface area contributed by atoms with Gasteiger partial charge in [0.05, 0.1) is 22.6 Å². The van der Waals surface area contributed by atoms with Crippen LogP contribution in [-0.2, 0) is 16.9 Å². The number of nitrogens with zero attached hydrogens (tertiary/aromatic N) is 4. The van der Waals surface area contributed by atoms with Gasteiger partial charge in [-0.1, -0.05) is 0 Å². The van der Waals surface area contributed by atoms with E-state index >= 15 is 0 Å². The lowest BCUT2D eigenvalue weighted by atomic mass is 10.1. The molecule has 20 heavy (non-hydrogen) atoms. The highest BCUT2D eigenvalue weighted by atomic mass is 32.2. The molecule has 1 fully saturated rings. The number of hydrogen-bond acceptors (Lipinski definition) is 6. The molecule has 7 nitrogen and oxygen atoms in total. The predicted octanol–water partition coefficient (Wildman–Crippen LogP) is 0.518. The molecule has 0 radical (unpaired) electrons. The normalized spacial score (nSPS) is 21.4. The molecule has 1 N–H and O–H groups in total. The maximum Gasteiger partial charge on any atom is 0.163 e. The summed E-state index contributed by atoms with van der Waals surface area (Å²) in [6, 6.07) is 0. The van der Waals surface area contributed by atoms with E-state index < -0.39 is 9.84 Å². The molecule has 1 atom stereocenters. The summed E-state index contributed by atoms with van der Waals surface area (Å²) in [4.78, 5) is 8.47. The van der Waals surface area contributed by atoms with Gasteiger partial charge in [0.15, 0.2) is 15.5 Å². The highest BCUT2D eigenvalue weighted by molar-refractivity contribution is 7.91. The SMILES string of the molecule is Cc1nn(C)c2ncnc(NCC3CCS(=O)(=O)C3)c12. The third-order valence-corrected chi connectivity index (χ3v) is 5.52. The van der Waals surface area contributed by atoms with E-state index in [1.807, 2.05) is 14.0 Å². The molecule has 1 aliphatic rings. The Bertz CT molecular complexity index is 753. The Kier molecular flexibility index (Phi) is 3.12. The molecule has 1 saturated heterocycles. The van der Waals surface area contributed by atoms with Crippen LogP contribution < -0.4 is 5.32 Å². The fraction of sp³-hybridized carbons (Fsp3) is 0.583. The first-order valence-electron chi connectivity index (χ1n) is 6.55. The lowest BCUT2D eigenvalue weighted by molar-refractivity contribution is 0.596. The average Bonchev–Trinajstić information content (AvgIpc) is 2.88. The van der Waals surface area contributed by atoms with E-state index in [2.05, 4.69) is 20.4 Å². The Balaban J connectivity index is 1.82. The molecule has 0 saturated carbocycles. The highest BCUT2D eigenvalue weighted by Gasteiger charge is 2.27. The fourth-order valence-corrected chi connectivity index (χ4v) is 4.55. The van der Waals surface area contributed by atoms with Gasteiger partial charge in [0.1, 0.15) is 12.1 Å². The summed E-state index contributed by atoms with van der Waals surface area (Å²) in [6.07, 6.45) is 2.22. The van der Waals surface area contributed by atoms with Crippen molar-refractivity contribution in [1.82, 2.24) is 19.7 Å². The van der Waals surface area contributed by atoms with Crippen molar-refractivity contribution in [2.45, 2.75) is 13.3 Å². The molecule has 0 aromatic carbocycles. The summed E-state index contributed by atoms with van der Waals surface area (Å²) in [5.41, 5.74) is 1.64. The molecule has 8 heteroatoms. The van der Waals surface area contributed by atoms with Crippen LogP contribution in [0.4, 0.5) is 5.82 Å². The molecule has 2 aromatic rings. The minimum atomic E-state index is -2.84. The van der Waals surface area contributed by atoms with Crippen LogP contribution in [0.25, 0.3) is 11.0 Å². The molecule has 0 spiro atoms. The van der Waals surface area contributed by atoms with E-state index in [0.717, 1.165) is 29.0 Å². The fourth-order valence-electron chi connectivity index (χ4n) is 2.69. The van der Waals surface area contributed by atoms with Gasteiger partial charge in [0, 0.05) is 13.6 Å². The minimum Gasteiger partial charge on any atom is -0.369 e. The maximum absolute atomic E-state index is 11.5. The van der Waals surface area contributed by atoms with Crippen LogP contribution >= 0.6 is 0 Å². The number of nitrogens with one attached hydrogen (secondary N) is 1. The van der Waals surface area contributed by atoms with Crippen molar-refractivity contribution in [3.05, 3.63) is 12.0 Å². The van der Waals surface area contributed by atoms with Crippen molar-refractivity contribution in [3.8, 4) is 0 Å². The highest BCUT2D eigenvalue weighted by Crippen LogP contribution is 2.24. The smallest absolute Gasteiger partial charge is 0.163 e. The summed E-state index contributed by atoms with van der Waals surface area (Å²) in [5.74, 6) is 1.44. The van der Waals surface area contributed by atoms with Crippen LogP contribution in [0.2, 0.25) is 0 Å². The minimum absolute atomic E-state index is 0.155. The predicted molar refractivity (Wildman–Crippen MR) is 76.3 cm³/mol. The van der Waals surface area contributed by atoms with Crippen molar-refractivity contribution in [2.75, 3.05) is 23.4 Å². The van der Waals surface area contributed by atoms with Crippen molar-refractivity contribution < 1.29 is 8.42 Å². The number of fused-ring (bicyclic) bond motifs is 1. The van der Waals surface area contributed by atoms with E-state index in [0.29, 0.717) is 12.3 Å². The van der Waals surface area contributed by atoms with Gasteiger partial charge in [0.25, 0.3) is 0 Å². The Morgan fingerprint density at radius 2 is 2.25 bits per heavy atom. The topological polar surface area (TPSA) is 89.8 Å². The number of rotatable bonds is 3. The maximum atomic E-state index is 11.5. The van der Waals surface area contributed by atoms with Gasteiger partial charge in [-0.15, -0.1) is 0 Å². The summed E-state index contributed by atoms with van der Waals surface area (Å²) in [6.45, 7) is 2.52. The standard InChI is InChI=1S/C12H17N5O2S/c1-8-10-11(14-7-15-12(10)17(2)16-8)13-5-9-3-4-20(18,19)6-9/h7,9H,3-6H2,1-2H3,(H,13,14,15). The molecule has 0 aliphatic carbocycles. The van der Waals surface area contributed by atoms with E-state index in [1.165, 1.54) is 6.33 Å². The quantitative estimate of drug-likeness (QED) is 0.888. The summed E-state index contributed by atoms with van der Waals surface area (Å²) >= 11 is 0. The summed E-state index contributed by atoms with van der Waals surface area (Å²) in [5, 5.41) is 8.48. The monoisotopic (exact) mass is 295 g/mol. The van der Waals surface area contributed by atoms with Gasteiger partial charge in [-0.2, -0.15) is 5.10 Å². The van der Waals surface area contributed by atoms with Crippen molar-refractivity contribution in [2.24, 2.45) is 13.0 Å². The van der Waals surface area contributed by atoms with E-state index in [9.17, 15) is 8.42 Å². The first-order chi connectivity index (χ1) is 9.46. The zero-order valence-corrected chi connectivity index (χ0v) is 12.3. The summed E-state index contributed by atoms with van der Waals surface area (Å²) in [7, 11) is -0.993. The molecule has 1 unspecified atom stereocenters. The molecule has 2 aromatic heterocycles. The second kappa shape index (κ2) is 4.69. The third-order valence-electron chi connectivity index (χ3n) is 3.68. The molecule has 3 rings (SSSR count). The Hall–Kier alpha value is -1.70. The van der Waals surface area contributed by atoms with Gasteiger partial charge in [-0.3, -0.25) is 4.68 Å². The van der Waals surface area contributed by atoms with Gasteiger partial charge >= 0.3 is 0 Å². The van der Waals surface area contributed by atoms with Crippen LogP contribution in [0.15, 0.2) is 6.33 Å². The van der Waals surface area contributed by atoms with Crippen molar-refractivity contribution >= 4 is 26.7 Å². The molecule has 1 aliphatic heterocycles. The number of anilines is 1. The zero-order chi connectivity index (χ0) is 14.3. The summed E-state index contributed by atoms with van der Waals surface area (Å²) < 4.78 is 24.6. The zero-order valence-electron chi connectivity index (χ0n) is 11.5. The van der Waals surface area contributed by atoms with Crippen LogP contribution in [0.1, 0.15) is 12.1 Å². The molecular formula is C12H17N5O2S. The largest absolute Gasteiger partial charge is 0.369 e. The second-order valence-electron chi connectivity index (χ2n) is 5.28. The lowest BCUT2D eigenvalue weighted by Gasteiger charge is -2.10. The molecule has 3 heterocycles. The first kappa shape index (κ1) is 13.3. The molecule has 108 valence electrons. The molecule has 0 bridgehead atoms.